The van der Waals surface area contributed by atoms with Crippen LogP contribution in [-0.2, 0) is 4.74 Å². The minimum Gasteiger partial charge on any atom is -0.372 e. The zero-order valence-corrected chi connectivity index (χ0v) is 10.1. The normalized spacial score (nSPS) is 14.1. The fourth-order valence-corrected chi connectivity index (χ4v) is 1.52. The van der Waals surface area contributed by atoms with Gasteiger partial charge in [-0.2, -0.15) is 13.2 Å². The Labute approximate surface area is 95.5 Å². The van der Waals surface area contributed by atoms with E-state index in [9.17, 15) is 13.2 Å². The van der Waals surface area contributed by atoms with Crippen LogP contribution in [0, 0.1) is 0 Å². The van der Waals surface area contributed by atoms with Crippen LogP contribution < -0.4 is 5.32 Å². The first kappa shape index (κ1) is 15.7. The number of unbranched alkanes of at least 4 members (excludes halogenated alkanes) is 1. The maximum Gasteiger partial charge on any atom is 0.411 e. The average Bonchev–Trinajstić information content (AvgIpc) is 2.20. The lowest BCUT2D eigenvalue weighted by molar-refractivity contribution is -0.174. The summed E-state index contributed by atoms with van der Waals surface area (Å²) in [5.41, 5.74) is 0. The van der Waals surface area contributed by atoms with Crippen LogP contribution >= 0.6 is 0 Å². The fraction of sp³-hybridized carbons (Fsp3) is 1.00. The quantitative estimate of drug-likeness (QED) is 0.626. The molecule has 0 aromatic rings. The number of alkyl halides is 3. The molecule has 1 atom stereocenters. The van der Waals surface area contributed by atoms with Gasteiger partial charge in [0, 0.05) is 12.6 Å². The summed E-state index contributed by atoms with van der Waals surface area (Å²) in [6, 6.07) is 0.479. The molecule has 0 bridgehead atoms. The van der Waals surface area contributed by atoms with E-state index in [2.05, 4.69) is 23.9 Å². The zero-order chi connectivity index (χ0) is 12.4. The standard InChI is InChI=1S/C11H22F3NO/c1-3-10(15-4-2)7-5-6-8-16-9-11(12,13)14/h10,15H,3-9H2,1-2H3. The minimum absolute atomic E-state index is 0.196. The molecule has 0 aliphatic rings. The van der Waals surface area contributed by atoms with Gasteiger partial charge in [0.1, 0.15) is 6.61 Å². The first-order chi connectivity index (χ1) is 7.49. The number of halogens is 3. The van der Waals surface area contributed by atoms with Crippen LogP contribution in [-0.4, -0.2) is 32.0 Å². The second kappa shape index (κ2) is 8.82. The van der Waals surface area contributed by atoms with Crippen LogP contribution in [0.1, 0.15) is 39.5 Å². The van der Waals surface area contributed by atoms with Crippen LogP contribution in [0.15, 0.2) is 0 Å². The molecule has 0 aliphatic heterocycles. The summed E-state index contributed by atoms with van der Waals surface area (Å²) < 4.78 is 39.7. The predicted octanol–water partition coefficient (Wildman–Crippen LogP) is 3.12. The van der Waals surface area contributed by atoms with Gasteiger partial charge in [-0.25, -0.2) is 0 Å². The molecule has 2 nitrogen and oxygen atoms in total. The second-order valence-corrected chi connectivity index (χ2v) is 3.83. The van der Waals surface area contributed by atoms with Crippen molar-refractivity contribution in [2.45, 2.75) is 51.7 Å². The molecule has 0 rings (SSSR count). The summed E-state index contributed by atoms with van der Waals surface area (Å²) >= 11 is 0. The Morgan fingerprint density at radius 2 is 1.88 bits per heavy atom. The predicted molar refractivity (Wildman–Crippen MR) is 58.5 cm³/mol. The van der Waals surface area contributed by atoms with Crippen LogP contribution in [0.25, 0.3) is 0 Å². The van der Waals surface area contributed by atoms with Crippen molar-refractivity contribution in [3.05, 3.63) is 0 Å². The third-order valence-electron chi connectivity index (χ3n) is 2.34. The van der Waals surface area contributed by atoms with Crippen molar-refractivity contribution in [3.63, 3.8) is 0 Å². The van der Waals surface area contributed by atoms with E-state index in [1.807, 2.05) is 0 Å². The highest BCUT2D eigenvalue weighted by atomic mass is 19.4. The van der Waals surface area contributed by atoms with Gasteiger partial charge in [-0.3, -0.25) is 0 Å². The van der Waals surface area contributed by atoms with Crippen molar-refractivity contribution >= 4 is 0 Å². The molecule has 0 saturated carbocycles. The first-order valence-electron chi connectivity index (χ1n) is 5.87. The van der Waals surface area contributed by atoms with Crippen molar-refractivity contribution in [2.24, 2.45) is 0 Å². The van der Waals surface area contributed by atoms with Gasteiger partial charge < -0.3 is 10.1 Å². The molecule has 0 amide bonds. The molecule has 0 aliphatic carbocycles. The molecule has 0 fully saturated rings. The zero-order valence-electron chi connectivity index (χ0n) is 10.1. The van der Waals surface area contributed by atoms with Crippen molar-refractivity contribution in [2.75, 3.05) is 19.8 Å². The van der Waals surface area contributed by atoms with Crippen molar-refractivity contribution < 1.29 is 17.9 Å². The Kier molecular flexibility index (Phi) is 8.66. The van der Waals surface area contributed by atoms with E-state index in [1.165, 1.54) is 0 Å². The summed E-state index contributed by atoms with van der Waals surface area (Å²) in [5, 5.41) is 3.33. The maximum absolute atomic E-state index is 11.7. The molecule has 16 heavy (non-hydrogen) atoms. The summed E-state index contributed by atoms with van der Waals surface area (Å²) in [7, 11) is 0. The average molecular weight is 241 g/mol. The topological polar surface area (TPSA) is 21.3 Å². The van der Waals surface area contributed by atoms with E-state index in [0.717, 1.165) is 25.8 Å². The van der Waals surface area contributed by atoms with E-state index >= 15 is 0 Å². The Morgan fingerprint density at radius 1 is 1.19 bits per heavy atom. The Hall–Kier alpha value is -0.290. The number of hydrogen-bond donors (Lipinski definition) is 1. The molecule has 5 heteroatoms. The van der Waals surface area contributed by atoms with Gasteiger partial charge in [0.15, 0.2) is 0 Å². The van der Waals surface area contributed by atoms with Crippen LogP contribution in [0.5, 0.6) is 0 Å². The molecule has 1 N–H and O–H groups in total. The molecule has 98 valence electrons. The number of nitrogens with one attached hydrogen (secondary N) is 1. The Balaban J connectivity index is 3.32. The first-order valence-corrected chi connectivity index (χ1v) is 5.87. The van der Waals surface area contributed by atoms with E-state index in [-0.39, 0.29) is 6.61 Å². The molecule has 0 saturated heterocycles. The van der Waals surface area contributed by atoms with Gasteiger partial charge >= 0.3 is 6.18 Å². The Morgan fingerprint density at radius 3 is 2.38 bits per heavy atom. The van der Waals surface area contributed by atoms with Gasteiger partial charge in [0.2, 0.25) is 0 Å². The molecular weight excluding hydrogens is 219 g/mol. The molecule has 0 spiro atoms. The highest BCUT2D eigenvalue weighted by Gasteiger charge is 2.27. The summed E-state index contributed by atoms with van der Waals surface area (Å²) in [6.45, 7) is 4.16. The molecular formula is C11H22F3NO. The molecule has 0 aromatic carbocycles. The highest BCUT2D eigenvalue weighted by molar-refractivity contribution is 4.63. The number of hydrogen-bond acceptors (Lipinski definition) is 2. The molecule has 1 unspecified atom stereocenters. The van der Waals surface area contributed by atoms with E-state index in [1.54, 1.807) is 0 Å². The van der Waals surface area contributed by atoms with Crippen molar-refractivity contribution in [1.82, 2.24) is 5.32 Å². The number of rotatable bonds is 9. The third kappa shape index (κ3) is 10.2. The van der Waals surface area contributed by atoms with E-state index in [0.29, 0.717) is 12.5 Å². The lowest BCUT2D eigenvalue weighted by Crippen LogP contribution is -2.28. The van der Waals surface area contributed by atoms with Gasteiger partial charge in [-0.05, 0) is 32.2 Å². The molecule has 0 heterocycles. The highest BCUT2D eigenvalue weighted by Crippen LogP contribution is 2.14. The summed E-state index contributed by atoms with van der Waals surface area (Å²) in [5.74, 6) is 0. The molecule has 0 aromatic heterocycles. The third-order valence-corrected chi connectivity index (χ3v) is 2.34. The number of ether oxygens (including phenoxy) is 1. The minimum atomic E-state index is -4.20. The van der Waals surface area contributed by atoms with Gasteiger partial charge in [0.25, 0.3) is 0 Å². The summed E-state index contributed by atoms with van der Waals surface area (Å²) in [6.07, 6.45) is -0.548. The van der Waals surface area contributed by atoms with Crippen molar-refractivity contribution in [3.8, 4) is 0 Å². The fourth-order valence-electron chi connectivity index (χ4n) is 1.52. The van der Waals surface area contributed by atoms with E-state index in [4.69, 9.17) is 0 Å². The largest absolute Gasteiger partial charge is 0.411 e. The van der Waals surface area contributed by atoms with Gasteiger partial charge in [0.05, 0.1) is 0 Å². The SMILES string of the molecule is CCNC(CC)CCCCOCC(F)(F)F. The second-order valence-electron chi connectivity index (χ2n) is 3.83. The summed E-state index contributed by atoms with van der Waals surface area (Å²) in [4.78, 5) is 0. The monoisotopic (exact) mass is 241 g/mol. The maximum atomic E-state index is 11.7. The van der Waals surface area contributed by atoms with Crippen molar-refractivity contribution in [1.29, 1.82) is 0 Å². The lowest BCUT2D eigenvalue weighted by Gasteiger charge is -2.15. The lowest BCUT2D eigenvalue weighted by atomic mass is 10.1. The van der Waals surface area contributed by atoms with E-state index < -0.39 is 12.8 Å². The van der Waals surface area contributed by atoms with Gasteiger partial charge in [-0.15, -0.1) is 0 Å². The van der Waals surface area contributed by atoms with Crippen LogP contribution in [0.2, 0.25) is 0 Å². The van der Waals surface area contributed by atoms with Gasteiger partial charge in [-0.1, -0.05) is 13.8 Å². The molecule has 0 radical (unpaired) electrons. The Bertz CT molecular complexity index is 162. The van der Waals surface area contributed by atoms with Crippen LogP contribution in [0.4, 0.5) is 13.2 Å². The van der Waals surface area contributed by atoms with Crippen LogP contribution in [0.3, 0.4) is 0 Å². The smallest absolute Gasteiger partial charge is 0.372 e.